The zero-order valence-electron chi connectivity index (χ0n) is 14.8. The molecule has 1 saturated heterocycles. The van der Waals surface area contributed by atoms with Gasteiger partial charge in [-0.2, -0.15) is 0 Å². The van der Waals surface area contributed by atoms with Gasteiger partial charge in [-0.3, -0.25) is 4.79 Å². The lowest BCUT2D eigenvalue weighted by Crippen LogP contribution is -2.35. The minimum Gasteiger partial charge on any atom is -0.376 e. The fraction of sp³-hybridized carbons (Fsp3) is 0.300. The molecule has 0 aliphatic carbocycles. The van der Waals surface area contributed by atoms with E-state index in [1.54, 1.807) is 30.3 Å². The first-order valence-electron chi connectivity index (χ1n) is 8.90. The van der Waals surface area contributed by atoms with Crippen molar-refractivity contribution in [2.75, 3.05) is 23.8 Å². The van der Waals surface area contributed by atoms with Crippen LogP contribution in [-0.4, -0.2) is 31.2 Å². The van der Waals surface area contributed by atoms with Crippen LogP contribution < -0.4 is 16.0 Å². The summed E-state index contributed by atoms with van der Waals surface area (Å²) in [5.41, 5.74) is 2.07. The molecule has 2 aromatic rings. The number of carbonyl (C=O) groups excluding carboxylic acids is 2. The number of urea groups is 1. The number of carbonyl (C=O) groups is 2. The average Bonchev–Trinajstić information content (AvgIpc) is 3.17. The number of ether oxygens (including phenoxy) is 1. The van der Waals surface area contributed by atoms with Crippen LogP contribution in [0, 0.1) is 0 Å². The summed E-state index contributed by atoms with van der Waals surface area (Å²) < 4.78 is 5.47. The largest absolute Gasteiger partial charge is 0.376 e. The Morgan fingerprint density at radius 3 is 2.41 bits per heavy atom. The van der Waals surface area contributed by atoms with Crippen LogP contribution in [0.2, 0.25) is 5.02 Å². The maximum atomic E-state index is 12.1. The molecule has 0 aromatic heterocycles. The molecule has 3 N–H and O–H groups in total. The Balaban J connectivity index is 1.45. The molecule has 1 unspecified atom stereocenters. The molecule has 2 aromatic carbocycles. The second-order valence-corrected chi connectivity index (χ2v) is 6.77. The third kappa shape index (κ3) is 5.98. The van der Waals surface area contributed by atoms with E-state index in [1.807, 2.05) is 18.2 Å². The summed E-state index contributed by atoms with van der Waals surface area (Å²) in [6.07, 6.45) is 2.32. The molecule has 1 heterocycles. The van der Waals surface area contributed by atoms with Crippen LogP contribution in [0.3, 0.4) is 0 Å². The van der Waals surface area contributed by atoms with Crippen molar-refractivity contribution in [1.29, 1.82) is 0 Å². The van der Waals surface area contributed by atoms with Gasteiger partial charge in [0.15, 0.2) is 0 Å². The molecule has 1 aliphatic rings. The summed E-state index contributed by atoms with van der Waals surface area (Å²) in [5.74, 6) is -0.155. The van der Waals surface area contributed by atoms with Crippen LogP contribution in [0.1, 0.15) is 18.4 Å². The summed E-state index contributed by atoms with van der Waals surface area (Å²) in [5, 5.41) is 8.94. The van der Waals surface area contributed by atoms with Crippen molar-refractivity contribution < 1.29 is 14.3 Å². The second kappa shape index (κ2) is 9.39. The second-order valence-electron chi connectivity index (χ2n) is 6.36. The fourth-order valence-electron chi connectivity index (χ4n) is 2.84. The zero-order valence-corrected chi connectivity index (χ0v) is 15.6. The molecule has 1 aliphatic heterocycles. The highest BCUT2D eigenvalue weighted by molar-refractivity contribution is 6.31. The topological polar surface area (TPSA) is 79.5 Å². The Morgan fingerprint density at radius 1 is 1.04 bits per heavy atom. The predicted molar refractivity (Wildman–Crippen MR) is 106 cm³/mol. The molecule has 142 valence electrons. The van der Waals surface area contributed by atoms with Gasteiger partial charge in [0.1, 0.15) is 0 Å². The highest BCUT2D eigenvalue weighted by atomic mass is 35.5. The lowest BCUT2D eigenvalue weighted by atomic mass is 10.1. The molecule has 0 bridgehead atoms. The SMILES string of the molecule is O=C(Cc1ccccc1Cl)Nc1ccc(NC(=O)NCC2CCCO2)cc1. The molecule has 1 fully saturated rings. The molecule has 0 spiro atoms. The normalized spacial score (nSPS) is 16.0. The van der Waals surface area contributed by atoms with E-state index in [0.717, 1.165) is 25.0 Å². The first-order valence-corrected chi connectivity index (χ1v) is 9.28. The summed E-state index contributed by atoms with van der Waals surface area (Å²) in [6, 6.07) is 13.9. The lowest BCUT2D eigenvalue weighted by Gasteiger charge is -2.12. The minimum atomic E-state index is -0.277. The molecule has 6 nitrogen and oxygen atoms in total. The third-order valence-electron chi connectivity index (χ3n) is 4.25. The first kappa shape index (κ1) is 19.2. The van der Waals surface area contributed by atoms with Gasteiger partial charge in [-0.15, -0.1) is 0 Å². The number of halogens is 1. The first-order chi connectivity index (χ1) is 13.1. The van der Waals surface area contributed by atoms with Crippen LogP contribution in [0.4, 0.5) is 16.2 Å². The van der Waals surface area contributed by atoms with Crippen molar-refractivity contribution in [3.05, 3.63) is 59.1 Å². The molecule has 3 amide bonds. The Kier molecular flexibility index (Phi) is 6.68. The van der Waals surface area contributed by atoms with E-state index in [9.17, 15) is 9.59 Å². The maximum absolute atomic E-state index is 12.1. The van der Waals surface area contributed by atoms with E-state index in [-0.39, 0.29) is 24.5 Å². The number of hydrogen-bond acceptors (Lipinski definition) is 3. The highest BCUT2D eigenvalue weighted by Crippen LogP contribution is 2.17. The maximum Gasteiger partial charge on any atom is 0.319 e. The molecule has 1 atom stereocenters. The van der Waals surface area contributed by atoms with E-state index in [0.29, 0.717) is 22.9 Å². The Hall–Kier alpha value is -2.57. The standard InChI is InChI=1S/C20H22ClN3O3/c21-18-6-2-1-4-14(18)12-19(25)23-15-7-9-16(10-8-15)24-20(26)22-13-17-5-3-11-27-17/h1-2,4,6-10,17H,3,5,11-13H2,(H,23,25)(H2,22,24,26). The van der Waals surface area contributed by atoms with Crippen LogP contribution in [0.5, 0.6) is 0 Å². The van der Waals surface area contributed by atoms with Crippen molar-refractivity contribution >= 4 is 34.9 Å². The van der Waals surface area contributed by atoms with Crippen molar-refractivity contribution in [3.8, 4) is 0 Å². The number of benzene rings is 2. The Morgan fingerprint density at radius 2 is 1.74 bits per heavy atom. The van der Waals surface area contributed by atoms with E-state index in [1.165, 1.54) is 0 Å². The number of anilines is 2. The number of nitrogens with one attached hydrogen (secondary N) is 3. The predicted octanol–water partition coefficient (Wildman–Crippen LogP) is 3.82. The average molecular weight is 388 g/mol. The van der Waals surface area contributed by atoms with Gasteiger partial charge in [-0.05, 0) is 48.7 Å². The molecular weight excluding hydrogens is 366 g/mol. The number of rotatable bonds is 6. The summed E-state index contributed by atoms with van der Waals surface area (Å²) in [4.78, 5) is 24.1. The van der Waals surface area contributed by atoms with E-state index >= 15 is 0 Å². The van der Waals surface area contributed by atoms with Gasteiger partial charge in [0.05, 0.1) is 12.5 Å². The van der Waals surface area contributed by atoms with Gasteiger partial charge in [0, 0.05) is 29.5 Å². The van der Waals surface area contributed by atoms with E-state index in [4.69, 9.17) is 16.3 Å². The minimum absolute atomic E-state index is 0.103. The van der Waals surface area contributed by atoms with Crippen LogP contribution in [0.15, 0.2) is 48.5 Å². The zero-order chi connectivity index (χ0) is 19.1. The molecular formula is C20H22ClN3O3. The molecule has 3 rings (SSSR count). The fourth-order valence-corrected chi connectivity index (χ4v) is 3.05. The van der Waals surface area contributed by atoms with Crippen LogP contribution in [-0.2, 0) is 16.0 Å². The summed E-state index contributed by atoms with van der Waals surface area (Å²) in [6.45, 7) is 1.26. The van der Waals surface area contributed by atoms with Crippen molar-refractivity contribution in [2.45, 2.75) is 25.4 Å². The monoisotopic (exact) mass is 387 g/mol. The van der Waals surface area contributed by atoms with Gasteiger partial charge >= 0.3 is 6.03 Å². The smallest absolute Gasteiger partial charge is 0.319 e. The Labute approximate surface area is 163 Å². The lowest BCUT2D eigenvalue weighted by molar-refractivity contribution is -0.115. The van der Waals surface area contributed by atoms with Gasteiger partial charge in [-0.25, -0.2) is 4.79 Å². The number of amides is 3. The quantitative estimate of drug-likeness (QED) is 0.704. The van der Waals surface area contributed by atoms with Gasteiger partial charge in [0.2, 0.25) is 5.91 Å². The van der Waals surface area contributed by atoms with Crippen LogP contribution >= 0.6 is 11.6 Å². The van der Waals surface area contributed by atoms with Crippen molar-refractivity contribution in [1.82, 2.24) is 5.32 Å². The van der Waals surface area contributed by atoms with Crippen molar-refractivity contribution in [3.63, 3.8) is 0 Å². The molecule has 7 heteroatoms. The third-order valence-corrected chi connectivity index (χ3v) is 4.62. The van der Waals surface area contributed by atoms with E-state index in [2.05, 4.69) is 16.0 Å². The Bertz CT molecular complexity index is 789. The molecule has 0 radical (unpaired) electrons. The van der Waals surface area contributed by atoms with E-state index < -0.39 is 0 Å². The van der Waals surface area contributed by atoms with Gasteiger partial charge in [0.25, 0.3) is 0 Å². The molecule has 27 heavy (non-hydrogen) atoms. The summed E-state index contributed by atoms with van der Waals surface area (Å²) in [7, 11) is 0. The van der Waals surface area contributed by atoms with Crippen molar-refractivity contribution in [2.24, 2.45) is 0 Å². The molecule has 0 saturated carbocycles. The van der Waals surface area contributed by atoms with Gasteiger partial charge in [-0.1, -0.05) is 29.8 Å². The summed E-state index contributed by atoms with van der Waals surface area (Å²) >= 11 is 6.07. The van der Waals surface area contributed by atoms with Gasteiger partial charge < -0.3 is 20.7 Å². The number of hydrogen-bond donors (Lipinski definition) is 3. The highest BCUT2D eigenvalue weighted by Gasteiger charge is 2.16. The van der Waals surface area contributed by atoms with Crippen LogP contribution in [0.25, 0.3) is 0 Å².